The molecule has 3 heteroatoms. The highest BCUT2D eigenvalue weighted by atomic mass is 15.3. The van der Waals surface area contributed by atoms with Crippen LogP contribution in [0.1, 0.15) is 30.8 Å². The van der Waals surface area contributed by atoms with Crippen LogP contribution in [0, 0.1) is 6.92 Å². The largest absolute Gasteiger partial charge is 0.383 e. The second-order valence-electron chi connectivity index (χ2n) is 4.85. The molecular formula is C16H23N3. The van der Waals surface area contributed by atoms with Gasteiger partial charge in [-0.1, -0.05) is 31.5 Å². The lowest BCUT2D eigenvalue weighted by Gasteiger charge is -2.09. The predicted octanol–water partition coefficient (Wildman–Crippen LogP) is 3.43. The van der Waals surface area contributed by atoms with Crippen LogP contribution in [-0.2, 0) is 19.4 Å². The van der Waals surface area contributed by atoms with Gasteiger partial charge in [0.05, 0.1) is 12.2 Å². The van der Waals surface area contributed by atoms with Crippen LogP contribution in [0.5, 0.6) is 0 Å². The molecule has 0 spiro atoms. The van der Waals surface area contributed by atoms with Crippen molar-refractivity contribution in [1.82, 2.24) is 9.78 Å². The summed E-state index contributed by atoms with van der Waals surface area (Å²) in [5.74, 6) is 0. The van der Waals surface area contributed by atoms with Gasteiger partial charge in [0.1, 0.15) is 0 Å². The van der Waals surface area contributed by atoms with Gasteiger partial charge in [0.2, 0.25) is 0 Å². The van der Waals surface area contributed by atoms with E-state index in [1.807, 2.05) is 0 Å². The van der Waals surface area contributed by atoms with Crippen molar-refractivity contribution in [3.63, 3.8) is 0 Å². The average molecular weight is 257 g/mol. The third kappa shape index (κ3) is 3.60. The first-order chi connectivity index (χ1) is 9.22. The second kappa shape index (κ2) is 6.41. The molecule has 0 saturated heterocycles. The van der Waals surface area contributed by atoms with Crippen molar-refractivity contribution in [1.29, 1.82) is 0 Å². The van der Waals surface area contributed by atoms with Gasteiger partial charge in [-0.25, -0.2) is 0 Å². The maximum Gasteiger partial charge on any atom is 0.0624 e. The van der Waals surface area contributed by atoms with Gasteiger partial charge >= 0.3 is 0 Å². The van der Waals surface area contributed by atoms with Crippen LogP contribution in [0.25, 0.3) is 0 Å². The molecule has 102 valence electrons. The highest BCUT2D eigenvalue weighted by Crippen LogP contribution is 2.09. The molecule has 19 heavy (non-hydrogen) atoms. The first kappa shape index (κ1) is 13.7. The molecule has 2 rings (SSSR count). The van der Waals surface area contributed by atoms with Crippen LogP contribution < -0.4 is 5.32 Å². The minimum absolute atomic E-state index is 0.904. The fourth-order valence-electron chi connectivity index (χ4n) is 2.14. The predicted molar refractivity (Wildman–Crippen MR) is 80.7 cm³/mol. The van der Waals surface area contributed by atoms with Crippen molar-refractivity contribution >= 4 is 5.69 Å². The number of aromatic nitrogens is 2. The topological polar surface area (TPSA) is 29.9 Å². The first-order valence-electron chi connectivity index (χ1n) is 7.09. The minimum atomic E-state index is 0.904. The number of rotatable bonds is 6. The lowest BCUT2D eigenvalue weighted by molar-refractivity contribution is 0.600. The zero-order valence-corrected chi connectivity index (χ0v) is 12.1. The molecule has 0 fully saturated rings. The molecule has 0 bridgehead atoms. The molecule has 0 saturated carbocycles. The Hall–Kier alpha value is -1.77. The van der Waals surface area contributed by atoms with E-state index in [4.69, 9.17) is 0 Å². The smallest absolute Gasteiger partial charge is 0.0624 e. The Kier molecular flexibility index (Phi) is 4.61. The monoisotopic (exact) mass is 257 g/mol. The lowest BCUT2D eigenvalue weighted by atomic mass is 10.2. The molecule has 0 amide bonds. The maximum atomic E-state index is 4.62. The van der Waals surface area contributed by atoms with Crippen molar-refractivity contribution < 1.29 is 0 Å². The Labute approximate surface area is 115 Å². The average Bonchev–Trinajstić information content (AvgIpc) is 2.83. The second-order valence-corrected chi connectivity index (χ2v) is 4.85. The molecule has 1 N–H and O–H groups in total. The van der Waals surface area contributed by atoms with Gasteiger partial charge in [-0.3, -0.25) is 4.68 Å². The van der Waals surface area contributed by atoms with E-state index >= 15 is 0 Å². The van der Waals surface area contributed by atoms with Crippen LogP contribution in [-0.4, -0.2) is 16.3 Å². The summed E-state index contributed by atoms with van der Waals surface area (Å²) in [5, 5.41) is 8.06. The van der Waals surface area contributed by atoms with E-state index in [9.17, 15) is 0 Å². The molecule has 0 aliphatic rings. The fraction of sp³-hybridized carbons (Fsp3) is 0.438. The van der Waals surface area contributed by atoms with Crippen molar-refractivity contribution in [2.24, 2.45) is 0 Å². The SMILES string of the molecule is CCc1cc(CC)n(CCNc2ccc(C)cc2)n1. The van der Waals surface area contributed by atoms with E-state index in [-0.39, 0.29) is 0 Å². The van der Waals surface area contributed by atoms with Crippen molar-refractivity contribution in [3.05, 3.63) is 47.3 Å². The molecule has 1 aromatic heterocycles. The summed E-state index contributed by atoms with van der Waals surface area (Å²) in [6.45, 7) is 8.25. The van der Waals surface area contributed by atoms with Gasteiger partial charge in [-0.15, -0.1) is 0 Å². The number of hydrogen-bond acceptors (Lipinski definition) is 2. The molecule has 0 atom stereocenters. The third-order valence-electron chi connectivity index (χ3n) is 3.34. The van der Waals surface area contributed by atoms with Crippen LogP contribution in [0.3, 0.4) is 0 Å². The maximum absolute atomic E-state index is 4.62. The van der Waals surface area contributed by atoms with Crippen molar-refractivity contribution in [2.75, 3.05) is 11.9 Å². The summed E-state index contributed by atoms with van der Waals surface area (Å²) < 4.78 is 2.13. The van der Waals surface area contributed by atoms with E-state index in [0.29, 0.717) is 0 Å². The van der Waals surface area contributed by atoms with Crippen LogP contribution in [0.4, 0.5) is 5.69 Å². The summed E-state index contributed by atoms with van der Waals surface area (Å²) >= 11 is 0. The number of hydrogen-bond donors (Lipinski definition) is 1. The first-order valence-corrected chi connectivity index (χ1v) is 7.09. The lowest BCUT2D eigenvalue weighted by Crippen LogP contribution is -2.13. The van der Waals surface area contributed by atoms with E-state index in [1.165, 1.54) is 22.6 Å². The van der Waals surface area contributed by atoms with Gasteiger partial charge < -0.3 is 5.32 Å². The Balaban J connectivity index is 1.91. The molecular weight excluding hydrogens is 234 g/mol. The molecule has 1 aromatic carbocycles. The summed E-state index contributed by atoms with van der Waals surface area (Å²) in [4.78, 5) is 0. The zero-order valence-electron chi connectivity index (χ0n) is 12.1. The molecule has 0 radical (unpaired) electrons. The highest BCUT2D eigenvalue weighted by molar-refractivity contribution is 5.44. The van der Waals surface area contributed by atoms with Gasteiger partial charge in [-0.2, -0.15) is 5.10 Å². The van der Waals surface area contributed by atoms with E-state index < -0.39 is 0 Å². The Morgan fingerprint density at radius 1 is 1.11 bits per heavy atom. The van der Waals surface area contributed by atoms with Crippen molar-refractivity contribution in [2.45, 2.75) is 40.2 Å². The number of aryl methyl sites for hydroxylation is 3. The Bertz CT molecular complexity index is 511. The molecule has 1 heterocycles. The normalized spacial score (nSPS) is 10.7. The zero-order chi connectivity index (χ0) is 13.7. The number of nitrogens with zero attached hydrogens (tertiary/aromatic N) is 2. The Morgan fingerprint density at radius 3 is 2.47 bits per heavy atom. The molecule has 3 nitrogen and oxygen atoms in total. The van der Waals surface area contributed by atoms with Crippen LogP contribution >= 0.6 is 0 Å². The van der Waals surface area contributed by atoms with Crippen LogP contribution in [0.15, 0.2) is 30.3 Å². The fourth-order valence-corrected chi connectivity index (χ4v) is 2.14. The molecule has 0 aliphatic carbocycles. The summed E-state index contributed by atoms with van der Waals surface area (Å²) in [6.07, 6.45) is 2.04. The van der Waals surface area contributed by atoms with E-state index in [2.05, 4.69) is 66.2 Å². The third-order valence-corrected chi connectivity index (χ3v) is 3.34. The molecule has 2 aromatic rings. The summed E-state index contributed by atoms with van der Waals surface area (Å²) in [7, 11) is 0. The number of nitrogens with one attached hydrogen (secondary N) is 1. The quantitative estimate of drug-likeness (QED) is 0.859. The molecule has 0 unspecified atom stereocenters. The number of anilines is 1. The number of benzene rings is 1. The minimum Gasteiger partial charge on any atom is -0.383 e. The van der Waals surface area contributed by atoms with Gasteiger partial charge in [-0.05, 0) is 38.0 Å². The van der Waals surface area contributed by atoms with E-state index in [0.717, 1.165) is 25.9 Å². The van der Waals surface area contributed by atoms with Crippen LogP contribution in [0.2, 0.25) is 0 Å². The van der Waals surface area contributed by atoms with Crippen molar-refractivity contribution in [3.8, 4) is 0 Å². The van der Waals surface area contributed by atoms with Gasteiger partial charge in [0, 0.05) is 17.9 Å². The van der Waals surface area contributed by atoms with E-state index in [1.54, 1.807) is 0 Å². The summed E-state index contributed by atoms with van der Waals surface area (Å²) in [5.41, 5.74) is 4.97. The molecule has 0 aliphatic heterocycles. The summed E-state index contributed by atoms with van der Waals surface area (Å²) in [6, 6.07) is 10.7. The van der Waals surface area contributed by atoms with Gasteiger partial charge in [0.15, 0.2) is 0 Å². The highest BCUT2D eigenvalue weighted by Gasteiger charge is 2.04. The standard InChI is InChI=1S/C16H23N3/c1-4-14-12-16(5-2)19(18-14)11-10-17-15-8-6-13(3)7-9-15/h6-9,12,17H,4-5,10-11H2,1-3H3. The van der Waals surface area contributed by atoms with Gasteiger partial charge in [0.25, 0.3) is 0 Å². The Morgan fingerprint density at radius 2 is 1.84 bits per heavy atom.